The molecular weight excluding hydrogens is 358 g/mol. The van der Waals surface area contributed by atoms with Gasteiger partial charge in [-0.2, -0.15) is 22.0 Å². The molecule has 0 aliphatic heterocycles. The maximum atomic E-state index is 13.2. The van der Waals surface area contributed by atoms with E-state index in [1.165, 1.54) is 23.5 Å². The highest BCUT2D eigenvalue weighted by Crippen LogP contribution is 2.36. The number of imidazole rings is 1. The summed E-state index contributed by atoms with van der Waals surface area (Å²) in [5.41, 5.74) is 1.10. The maximum Gasteiger partial charge on any atom is 0.439 e. The summed E-state index contributed by atoms with van der Waals surface area (Å²) >= 11 is 1.40. The van der Waals surface area contributed by atoms with Crippen LogP contribution in [0, 0.1) is 0 Å². The Morgan fingerprint density at radius 3 is 2.33 bits per heavy atom. The van der Waals surface area contributed by atoms with Crippen molar-refractivity contribution in [2.24, 2.45) is 0 Å². The Morgan fingerprint density at radius 1 is 1.08 bits per heavy atom. The van der Waals surface area contributed by atoms with Gasteiger partial charge in [0.05, 0.1) is 5.69 Å². The van der Waals surface area contributed by atoms with Gasteiger partial charge in [-0.3, -0.25) is 4.40 Å². The largest absolute Gasteiger partial charge is 0.439 e. The lowest BCUT2D eigenvalue weighted by molar-refractivity contribution is -0.304. The van der Waals surface area contributed by atoms with E-state index in [1.54, 1.807) is 16.8 Å². The summed E-state index contributed by atoms with van der Waals surface area (Å²) in [6.45, 7) is 0. The van der Waals surface area contributed by atoms with Crippen molar-refractivity contribution < 1.29 is 31.1 Å². The molecule has 2 heterocycles. The molecule has 128 valence electrons. The van der Waals surface area contributed by atoms with Crippen molar-refractivity contribution in [3.63, 3.8) is 0 Å². The standard InChI is InChI=1S/C14H8F6N2OS/c15-11(13(16,17)18)14(19,20)23-9-3-1-8(2-4-9)10-7-22-5-6-24-12(22)21-10/h1-7,11H/t11-/m1/s1. The molecule has 0 saturated heterocycles. The van der Waals surface area contributed by atoms with E-state index >= 15 is 0 Å². The molecule has 3 rings (SSSR count). The van der Waals surface area contributed by atoms with Gasteiger partial charge in [-0.05, 0) is 24.3 Å². The summed E-state index contributed by atoms with van der Waals surface area (Å²) in [6.07, 6.45) is -11.7. The van der Waals surface area contributed by atoms with Crippen LogP contribution < -0.4 is 4.74 Å². The van der Waals surface area contributed by atoms with E-state index in [9.17, 15) is 26.3 Å². The number of hydrogen-bond acceptors (Lipinski definition) is 3. The molecule has 0 saturated carbocycles. The van der Waals surface area contributed by atoms with E-state index in [1.807, 2.05) is 5.38 Å². The number of fused-ring (bicyclic) bond motifs is 1. The second kappa shape index (κ2) is 5.69. The van der Waals surface area contributed by atoms with Crippen LogP contribution >= 0.6 is 11.3 Å². The van der Waals surface area contributed by atoms with Crippen LogP contribution in [0.15, 0.2) is 42.0 Å². The topological polar surface area (TPSA) is 26.5 Å². The molecule has 0 aliphatic rings. The van der Waals surface area contributed by atoms with Crippen LogP contribution in [-0.4, -0.2) is 27.8 Å². The van der Waals surface area contributed by atoms with E-state index in [4.69, 9.17) is 0 Å². The number of halogens is 6. The zero-order valence-corrected chi connectivity index (χ0v) is 12.4. The Hall–Kier alpha value is -2.23. The van der Waals surface area contributed by atoms with Crippen LogP contribution in [0.4, 0.5) is 26.3 Å². The average Bonchev–Trinajstić information content (AvgIpc) is 3.07. The molecular formula is C14H8F6N2OS. The van der Waals surface area contributed by atoms with Gasteiger partial charge in [-0.25, -0.2) is 9.37 Å². The van der Waals surface area contributed by atoms with Gasteiger partial charge >= 0.3 is 12.3 Å². The molecule has 1 aromatic carbocycles. The Balaban J connectivity index is 1.78. The summed E-state index contributed by atoms with van der Waals surface area (Å²) in [4.78, 5) is 5.02. The lowest BCUT2D eigenvalue weighted by Crippen LogP contribution is -2.45. The Kier molecular flexibility index (Phi) is 3.94. The number of alkyl halides is 6. The number of thiazole rings is 1. The van der Waals surface area contributed by atoms with Crippen molar-refractivity contribution >= 4 is 16.3 Å². The van der Waals surface area contributed by atoms with E-state index in [0.29, 0.717) is 11.3 Å². The van der Waals surface area contributed by atoms with Crippen LogP contribution in [0.1, 0.15) is 0 Å². The fraction of sp³-hybridized carbons (Fsp3) is 0.214. The summed E-state index contributed by atoms with van der Waals surface area (Å²) < 4.78 is 81.0. The first kappa shape index (κ1) is 16.6. The van der Waals surface area contributed by atoms with Gasteiger partial charge in [0.2, 0.25) is 0 Å². The first-order valence-electron chi connectivity index (χ1n) is 6.47. The van der Waals surface area contributed by atoms with Crippen LogP contribution in [0.5, 0.6) is 5.75 Å². The molecule has 24 heavy (non-hydrogen) atoms. The minimum Gasteiger partial charge on any atom is -0.430 e. The Labute approximate surface area is 135 Å². The molecule has 0 N–H and O–H groups in total. The van der Waals surface area contributed by atoms with Crippen molar-refractivity contribution in [1.82, 2.24) is 9.38 Å². The molecule has 3 aromatic rings. The first-order valence-corrected chi connectivity index (χ1v) is 7.35. The van der Waals surface area contributed by atoms with Crippen molar-refractivity contribution in [2.75, 3.05) is 0 Å². The van der Waals surface area contributed by atoms with E-state index < -0.39 is 24.2 Å². The number of aromatic nitrogens is 2. The summed E-state index contributed by atoms with van der Waals surface area (Å²) in [6, 6.07) is 4.75. The van der Waals surface area contributed by atoms with Gasteiger partial charge in [-0.1, -0.05) is 0 Å². The SMILES string of the molecule is F[C@H](C(F)(F)F)C(F)(F)Oc1ccc(-c2cn3ccsc3n2)cc1. The molecule has 0 radical (unpaired) electrons. The van der Waals surface area contributed by atoms with Crippen molar-refractivity contribution in [3.8, 4) is 17.0 Å². The highest BCUT2D eigenvalue weighted by molar-refractivity contribution is 7.15. The third-order valence-corrected chi connectivity index (χ3v) is 3.85. The summed E-state index contributed by atoms with van der Waals surface area (Å²) in [7, 11) is 0. The zero-order valence-electron chi connectivity index (χ0n) is 11.6. The lowest BCUT2D eigenvalue weighted by Gasteiger charge is -2.23. The molecule has 0 fully saturated rings. The van der Waals surface area contributed by atoms with E-state index in [0.717, 1.165) is 17.1 Å². The molecule has 10 heteroatoms. The monoisotopic (exact) mass is 366 g/mol. The molecule has 0 bridgehead atoms. The third kappa shape index (κ3) is 3.18. The number of ether oxygens (including phenoxy) is 1. The number of hydrogen-bond donors (Lipinski definition) is 0. The molecule has 0 spiro atoms. The normalized spacial score (nSPS) is 14.1. The van der Waals surface area contributed by atoms with Gasteiger partial charge < -0.3 is 4.74 Å². The third-order valence-electron chi connectivity index (χ3n) is 3.08. The average molecular weight is 366 g/mol. The van der Waals surface area contributed by atoms with Gasteiger partial charge in [0.15, 0.2) is 4.96 Å². The number of rotatable bonds is 4. The van der Waals surface area contributed by atoms with Gasteiger partial charge in [0.1, 0.15) is 5.75 Å². The van der Waals surface area contributed by atoms with E-state index in [2.05, 4.69) is 9.72 Å². The predicted octanol–water partition coefficient (Wildman–Crippen LogP) is 4.93. The zero-order chi connectivity index (χ0) is 17.5. The van der Waals surface area contributed by atoms with Crippen molar-refractivity contribution in [1.29, 1.82) is 0 Å². The van der Waals surface area contributed by atoms with Gasteiger partial charge in [0, 0.05) is 23.3 Å². The predicted molar refractivity (Wildman–Crippen MR) is 75.0 cm³/mol. The molecule has 3 nitrogen and oxygen atoms in total. The fourth-order valence-electron chi connectivity index (χ4n) is 1.96. The van der Waals surface area contributed by atoms with Crippen LogP contribution in [-0.2, 0) is 0 Å². The summed E-state index contributed by atoms with van der Waals surface area (Å²) in [5, 5.41) is 1.83. The maximum absolute atomic E-state index is 13.2. The number of benzene rings is 1. The highest BCUT2D eigenvalue weighted by atomic mass is 32.1. The first-order chi connectivity index (χ1) is 11.2. The highest BCUT2D eigenvalue weighted by Gasteiger charge is 2.59. The van der Waals surface area contributed by atoms with Crippen molar-refractivity contribution in [3.05, 3.63) is 42.0 Å². The number of nitrogens with zero attached hydrogens (tertiary/aromatic N) is 2. The molecule has 2 aromatic heterocycles. The molecule has 0 amide bonds. The van der Waals surface area contributed by atoms with Crippen LogP contribution in [0.3, 0.4) is 0 Å². The van der Waals surface area contributed by atoms with E-state index in [-0.39, 0.29) is 0 Å². The van der Waals surface area contributed by atoms with Gasteiger partial charge in [0.25, 0.3) is 6.17 Å². The second-order valence-corrected chi connectivity index (χ2v) is 5.68. The Bertz CT molecular complexity index is 810. The second-order valence-electron chi connectivity index (χ2n) is 4.81. The molecule has 1 atom stereocenters. The molecule has 0 unspecified atom stereocenters. The lowest BCUT2D eigenvalue weighted by atomic mass is 10.1. The van der Waals surface area contributed by atoms with Crippen LogP contribution in [0.2, 0.25) is 0 Å². The van der Waals surface area contributed by atoms with Crippen LogP contribution in [0.25, 0.3) is 16.2 Å². The Morgan fingerprint density at radius 2 is 1.75 bits per heavy atom. The minimum absolute atomic E-state index is 0.550. The smallest absolute Gasteiger partial charge is 0.430 e. The fourth-order valence-corrected chi connectivity index (χ4v) is 2.66. The van der Waals surface area contributed by atoms with Crippen molar-refractivity contribution in [2.45, 2.75) is 18.5 Å². The summed E-state index contributed by atoms with van der Waals surface area (Å²) in [5.74, 6) is -0.586. The van der Waals surface area contributed by atoms with Gasteiger partial charge in [-0.15, -0.1) is 11.3 Å². The quantitative estimate of drug-likeness (QED) is 0.612. The molecule has 0 aliphatic carbocycles. The minimum atomic E-state index is -5.72.